The number of benzene rings is 1. The Labute approximate surface area is 134 Å². The summed E-state index contributed by atoms with van der Waals surface area (Å²) in [5.74, 6) is -0.170. The fourth-order valence-electron chi connectivity index (χ4n) is 2.04. The first-order valence-corrected chi connectivity index (χ1v) is 6.80. The van der Waals surface area contributed by atoms with Gasteiger partial charge < -0.3 is 25.6 Å². The minimum Gasteiger partial charge on any atom is -0.491 e. The van der Waals surface area contributed by atoms with Crippen LogP contribution in [0, 0.1) is 5.82 Å². The number of carbonyl (C=O) groups excluding carboxylic acids is 1. The molecule has 0 bridgehead atoms. The Kier molecular flexibility index (Phi) is 7.53. The van der Waals surface area contributed by atoms with Crippen LogP contribution in [0.15, 0.2) is 24.3 Å². The van der Waals surface area contributed by atoms with Crippen molar-refractivity contribution in [1.82, 2.24) is 10.6 Å². The van der Waals surface area contributed by atoms with E-state index in [-0.39, 0.29) is 37.3 Å². The second-order valence-electron chi connectivity index (χ2n) is 5.01. The van der Waals surface area contributed by atoms with Crippen LogP contribution in [0.5, 0.6) is 5.75 Å². The Balaban J connectivity index is 0.00000242. The molecule has 1 aromatic carbocycles. The average molecular weight is 335 g/mol. The number of β-amino-alcohol motifs (C(OH)–C–C–N with tert-alkyl or cyclic N) is 1. The number of aliphatic hydroxyl groups is 2. The molecule has 0 aromatic heterocycles. The molecule has 4 N–H and O–H groups in total. The van der Waals surface area contributed by atoms with E-state index in [1.54, 1.807) is 0 Å². The lowest BCUT2D eigenvalue weighted by molar-refractivity contribution is -0.123. The summed E-state index contributed by atoms with van der Waals surface area (Å²) in [6.07, 6.45) is -1.01. The van der Waals surface area contributed by atoms with E-state index in [1.165, 1.54) is 24.3 Å². The van der Waals surface area contributed by atoms with Crippen molar-refractivity contribution in [2.45, 2.75) is 24.7 Å². The number of hydrogen-bond acceptors (Lipinski definition) is 5. The van der Waals surface area contributed by atoms with Crippen LogP contribution in [0.3, 0.4) is 0 Å². The Bertz CT molecular complexity index is 474. The van der Waals surface area contributed by atoms with Crippen LogP contribution in [-0.2, 0) is 4.79 Å². The highest BCUT2D eigenvalue weighted by Crippen LogP contribution is 2.11. The predicted molar refractivity (Wildman–Crippen MR) is 80.6 cm³/mol. The molecular weight excluding hydrogens is 315 g/mol. The second kappa shape index (κ2) is 8.89. The van der Waals surface area contributed by atoms with Gasteiger partial charge in [-0.25, -0.2) is 4.39 Å². The van der Waals surface area contributed by atoms with Crippen molar-refractivity contribution in [2.24, 2.45) is 0 Å². The van der Waals surface area contributed by atoms with Gasteiger partial charge in [-0.3, -0.25) is 4.79 Å². The lowest BCUT2D eigenvalue weighted by Gasteiger charge is -2.15. The van der Waals surface area contributed by atoms with Gasteiger partial charge in [0.15, 0.2) is 0 Å². The minimum absolute atomic E-state index is 0. The third kappa shape index (κ3) is 5.76. The minimum atomic E-state index is -0.870. The molecule has 1 aromatic rings. The number of hydrogen-bond donors (Lipinski definition) is 4. The van der Waals surface area contributed by atoms with E-state index in [0.29, 0.717) is 18.7 Å². The van der Waals surface area contributed by atoms with Crippen LogP contribution in [0.4, 0.5) is 4.39 Å². The third-order valence-electron chi connectivity index (χ3n) is 3.19. The highest BCUT2D eigenvalue weighted by Gasteiger charge is 2.27. The first-order chi connectivity index (χ1) is 10.0. The van der Waals surface area contributed by atoms with E-state index in [1.807, 2.05) is 0 Å². The number of rotatable bonds is 6. The molecule has 3 atom stereocenters. The summed E-state index contributed by atoms with van der Waals surface area (Å²) < 4.78 is 18.0. The summed E-state index contributed by atoms with van der Waals surface area (Å²) in [5.41, 5.74) is 0. The highest BCUT2D eigenvalue weighted by atomic mass is 35.5. The van der Waals surface area contributed by atoms with Gasteiger partial charge in [0.1, 0.15) is 24.3 Å². The number of halogens is 2. The van der Waals surface area contributed by atoms with Gasteiger partial charge in [0, 0.05) is 13.1 Å². The van der Waals surface area contributed by atoms with Crippen molar-refractivity contribution in [3.63, 3.8) is 0 Å². The van der Waals surface area contributed by atoms with Crippen LogP contribution in [0.25, 0.3) is 0 Å². The van der Waals surface area contributed by atoms with Gasteiger partial charge in [-0.05, 0) is 30.7 Å². The molecule has 0 saturated carbocycles. The molecule has 3 unspecified atom stereocenters. The van der Waals surface area contributed by atoms with Crippen LogP contribution < -0.4 is 15.4 Å². The highest BCUT2D eigenvalue weighted by molar-refractivity contribution is 5.85. The van der Waals surface area contributed by atoms with Crippen molar-refractivity contribution < 1.29 is 24.1 Å². The third-order valence-corrected chi connectivity index (χ3v) is 3.19. The van der Waals surface area contributed by atoms with Crippen molar-refractivity contribution in [2.75, 3.05) is 19.7 Å². The molecule has 6 nitrogen and oxygen atoms in total. The van der Waals surface area contributed by atoms with Gasteiger partial charge in [0.05, 0.1) is 12.1 Å². The molecule has 1 aliphatic heterocycles. The monoisotopic (exact) mass is 334 g/mol. The Hall–Kier alpha value is -1.41. The Morgan fingerprint density at radius 1 is 1.45 bits per heavy atom. The zero-order valence-electron chi connectivity index (χ0n) is 11.9. The Morgan fingerprint density at radius 2 is 2.14 bits per heavy atom. The average Bonchev–Trinajstić information content (AvgIpc) is 2.91. The second-order valence-corrected chi connectivity index (χ2v) is 5.01. The van der Waals surface area contributed by atoms with E-state index in [4.69, 9.17) is 4.74 Å². The number of amides is 1. The molecule has 1 saturated heterocycles. The van der Waals surface area contributed by atoms with Crippen molar-refractivity contribution in [3.05, 3.63) is 30.1 Å². The van der Waals surface area contributed by atoms with Gasteiger partial charge in [-0.1, -0.05) is 0 Å². The lowest BCUT2D eigenvalue weighted by atomic mass is 10.2. The van der Waals surface area contributed by atoms with Gasteiger partial charge in [0.25, 0.3) is 0 Å². The maximum Gasteiger partial charge on any atom is 0.237 e. The van der Waals surface area contributed by atoms with Crippen molar-refractivity contribution >= 4 is 18.3 Å². The summed E-state index contributed by atoms with van der Waals surface area (Å²) in [6, 6.07) is 5.03. The summed E-state index contributed by atoms with van der Waals surface area (Å²) in [7, 11) is 0. The van der Waals surface area contributed by atoms with Gasteiger partial charge in [-0.2, -0.15) is 0 Å². The fourth-order valence-corrected chi connectivity index (χ4v) is 2.04. The van der Waals surface area contributed by atoms with E-state index >= 15 is 0 Å². The molecular formula is C14H20ClFN2O4. The van der Waals surface area contributed by atoms with Crippen molar-refractivity contribution in [1.29, 1.82) is 0 Å². The number of aliphatic hydroxyl groups excluding tert-OH is 2. The fraction of sp³-hybridized carbons (Fsp3) is 0.500. The molecule has 0 radical (unpaired) electrons. The smallest absolute Gasteiger partial charge is 0.237 e. The molecule has 2 rings (SSSR count). The van der Waals surface area contributed by atoms with Crippen LogP contribution >= 0.6 is 12.4 Å². The van der Waals surface area contributed by atoms with Crippen LogP contribution in [0.2, 0.25) is 0 Å². The van der Waals surface area contributed by atoms with Crippen LogP contribution in [-0.4, -0.2) is 54.1 Å². The molecule has 1 amide bonds. The summed E-state index contributed by atoms with van der Waals surface area (Å²) in [6.45, 7) is 0.440. The maximum atomic E-state index is 12.7. The topological polar surface area (TPSA) is 90.8 Å². The first kappa shape index (κ1) is 18.6. The van der Waals surface area contributed by atoms with Crippen molar-refractivity contribution in [3.8, 4) is 5.75 Å². The molecule has 124 valence electrons. The largest absolute Gasteiger partial charge is 0.491 e. The van der Waals surface area contributed by atoms with E-state index in [2.05, 4.69) is 10.6 Å². The normalized spacial score (nSPS) is 21.8. The number of ether oxygens (including phenoxy) is 1. The van der Waals surface area contributed by atoms with E-state index < -0.39 is 18.2 Å². The van der Waals surface area contributed by atoms with Gasteiger partial charge in [-0.15, -0.1) is 12.4 Å². The molecule has 1 fully saturated rings. The zero-order valence-corrected chi connectivity index (χ0v) is 12.7. The standard InChI is InChI=1S/C14H19FN2O4.ClH/c15-9-1-3-12(4-2-9)21-8-11(19)7-17-14(20)13-5-10(18)6-16-13;/h1-4,10-11,13,16,18-19H,5-8H2,(H,17,20);1H. The van der Waals surface area contributed by atoms with Gasteiger partial charge in [0.2, 0.25) is 5.91 Å². The number of carbonyl (C=O) groups is 1. The summed E-state index contributed by atoms with van der Waals surface area (Å²) in [4.78, 5) is 11.7. The molecule has 0 spiro atoms. The molecule has 1 aliphatic rings. The van der Waals surface area contributed by atoms with Gasteiger partial charge >= 0.3 is 0 Å². The first-order valence-electron chi connectivity index (χ1n) is 6.80. The lowest BCUT2D eigenvalue weighted by Crippen LogP contribution is -2.44. The molecule has 22 heavy (non-hydrogen) atoms. The molecule has 0 aliphatic carbocycles. The molecule has 1 heterocycles. The molecule has 8 heteroatoms. The zero-order chi connectivity index (χ0) is 15.2. The quantitative estimate of drug-likeness (QED) is 0.580. The van der Waals surface area contributed by atoms with Crippen LogP contribution in [0.1, 0.15) is 6.42 Å². The van der Waals surface area contributed by atoms with E-state index in [0.717, 1.165) is 0 Å². The Morgan fingerprint density at radius 3 is 2.73 bits per heavy atom. The SMILES string of the molecule is Cl.O=C(NCC(O)COc1ccc(F)cc1)C1CC(O)CN1. The predicted octanol–water partition coefficient (Wildman–Crippen LogP) is -0.174. The van der Waals surface area contributed by atoms with E-state index in [9.17, 15) is 19.4 Å². The maximum absolute atomic E-state index is 12.7. The summed E-state index contributed by atoms with van der Waals surface area (Å²) >= 11 is 0. The number of nitrogens with one attached hydrogen (secondary N) is 2. The summed E-state index contributed by atoms with van der Waals surface area (Å²) in [5, 5.41) is 24.5.